The molecule has 1 fully saturated rings. The molecular weight excluding hydrogens is 500 g/mol. The first kappa shape index (κ1) is 25.7. The van der Waals surface area contributed by atoms with Gasteiger partial charge in [0.2, 0.25) is 0 Å². The molecule has 4 heterocycles. The van der Waals surface area contributed by atoms with Gasteiger partial charge in [-0.1, -0.05) is 12.1 Å². The van der Waals surface area contributed by atoms with E-state index in [-0.39, 0.29) is 22.9 Å². The summed E-state index contributed by atoms with van der Waals surface area (Å²) in [5.41, 5.74) is 3.83. The first-order valence-corrected chi connectivity index (χ1v) is 14.4. The molecule has 0 bridgehead atoms. The molecule has 3 aromatic heterocycles. The van der Waals surface area contributed by atoms with Gasteiger partial charge in [-0.05, 0) is 61.9 Å². The van der Waals surface area contributed by atoms with E-state index < -0.39 is 9.84 Å². The minimum atomic E-state index is -3.43. The molecule has 1 amide bonds. The largest absolute Gasteiger partial charge is 0.351 e. The summed E-state index contributed by atoms with van der Waals surface area (Å²) in [5, 5.41) is 7.11. The molecule has 1 atom stereocenters. The normalized spacial score (nSPS) is 16.0. The number of rotatable bonds is 6. The van der Waals surface area contributed by atoms with Gasteiger partial charge in [0.05, 0.1) is 34.0 Å². The van der Waals surface area contributed by atoms with Crippen molar-refractivity contribution in [3.63, 3.8) is 0 Å². The molecule has 2 N–H and O–H groups in total. The molecule has 196 valence electrons. The van der Waals surface area contributed by atoms with E-state index in [1.165, 1.54) is 6.07 Å². The number of carbonyl (C=O) groups is 1. The van der Waals surface area contributed by atoms with Gasteiger partial charge in [-0.25, -0.2) is 18.4 Å². The van der Waals surface area contributed by atoms with E-state index in [1.54, 1.807) is 25.3 Å². The molecule has 1 aromatic carbocycles. The highest BCUT2D eigenvalue weighted by Crippen LogP contribution is 2.24. The van der Waals surface area contributed by atoms with Crippen LogP contribution in [0.4, 0.5) is 5.82 Å². The van der Waals surface area contributed by atoms with Crippen molar-refractivity contribution in [2.24, 2.45) is 0 Å². The molecule has 0 radical (unpaired) electrons. The highest BCUT2D eigenvalue weighted by atomic mass is 32.2. The van der Waals surface area contributed by atoms with Gasteiger partial charge in [-0.2, -0.15) is 0 Å². The Morgan fingerprint density at radius 2 is 1.92 bits per heavy atom. The number of pyridine rings is 3. The van der Waals surface area contributed by atoms with Crippen LogP contribution >= 0.6 is 0 Å². The van der Waals surface area contributed by atoms with E-state index in [2.05, 4.69) is 27.4 Å². The number of fused-ring (bicyclic) bond motifs is 1. The molecule has 0 aliphatic carbocycles. The second-order valence-electron chi connectivity index (χ2n) is 9.63. The van der Waals surface area contributed by atoms with Gasteiger partial charge >= 0.3 is 0 Å². The number of anilines is 1. The van der Waals surface area contributed by atoms with Crippen LogP contribution in [-0.4, -0.2) is 61.2 Å². The number of piperazine rings is 1. The molecule has 10 heteroatoms. The average Bonchev–Trinajstić information content (AvgIpc) is 2.91. The number of benzene rings is 1. The Morgan fingerprint density at radius 1 is 1.11 bits per heavy atom. The van der Waals surface area contributed by atoms with Gasteiger partial charge in [0.25, 0.3) is 5.91 Å². The minimum absolute atomic E-state index is 0.148. The predicted octanol–water partition coefficient (Wildman–Crippen LogP) is 3.13. The number of carbonyl (C=O) groups excluding carboxylic acids is 1. The van der Waals surface area contributed by atoms with Crippen LogP contribution in [0.1, 0.15) is 28.5 Å². The summed E-state index contributed by atoms with van der Waals surface area (Å²) in [7, 11) is -3.43. The Bertz CT molecular complexity index is 1620. The van der Waals surface area contributed by atoms with Crippen molar-refractivity contribution in [1.82, 2.24) is 25.6 Å². The fourth-order valence-electron chi connectivity index (χ4n) is 4.62. The van der Waals surface area contributed by atoms with Crippen LogP contribution < -0.4 is 15.5 Å². The molecule has 9 nitrogen and oxygen atoms in total. The second kappa shape index (κ2) is 10.5. The summed E-state index contributed by atoms with van der Waals surface area (Å²) in [5.74, 6) is 0.563. The maximum Gasteiger partial charge on any atom is 0.251 e. The summed E-state index contributed by atoms with van der Waals surface area (Å²) in [6.45, 7) is 6.83. The smallest absolute Gasteiger partial charge is 0.251 e. The molecule has 1 aliphatic rings. The van der Waals surface area contributed by atoms with E-state index in [9.17, 15) is 13.2 Å². The lowest BCUT2D eigenvalue weighted by Crippen LogP contribution is -2.50. The highest BCUT2D eigenvalue weighted by molar-refractivity contribution is 7.90. The summed E-state index contributed by atoms with van der Waals surface area (Å²) >= 11 is 0. The van der Waals surface area contributed by atoms with E-state index >= 15 is 0 Å². The number of aryl methyl sites for hydroxylation is 1. The van der Waals surface area contributed by atoms with E-state index in [4.69, 9.17) is 9.97 Å². The van der Waals surface area contributed by atoms with Gasteiger partial charge in [-0.15, -0.1) is 0 Å². The molecule has 1 saturated heterocycles. The number of nitrogens with zero attached hydrogens (tertiary/aromatic N) is 4. The summed E-state index contributed by atoms with van der Waals surface area (Å²) in [6, 6.07) is 16.8. The van der Waals surface area contributed by atoms with Crippen LogP contribution in [0.2, 0.25) is 0 Å². The Hall–Kier alpha value is -3.89. The van der Waals surface area contributed by atoms with Crippen LogP contribution in [0.25, 0.3) is 22.3 Å². The Kier molecular flexibility index (Phi) is 7.09. The van der Waals surface area contributed by atoms with E-state index in [0.717, 1.165) is 54.0 Å². The van der Waals surface area contributed by atoms with Crippen molar-refractivity contribution in [2.75, 3.05) is 30.8 Å². The van der Waals surface area contributed by atoms with Crippen molar-refractivity contribution in [2.45, 2.75) is 31.3 Å². The van der Waals surface area contributed by atoms with Crippen molar-refractivity contribution >= 4 is 32.5 Å². The van der Waals surface area contributed by atoms with Crippen molar-refractivity contribution in [3.05, 3.63) is 77.6 Å². The monoisotopic (exact) mass is 530 g/mol. The third kappa shape index (κ3) is 5.51. The molecule has 0 spiro atoms. The zero-order valence-corrected chi connectivity index (χ0v) is 22.4. The molecule has 0 saturated carbocycles. The SMILES string of the molecule is Cc1ccc(C(=O)NCc2cc3nc(-c4cccc(N5CCNC[C@H]5C)n4)ccc3cn2)cc1S(C)(=O)=O. The van der Waals surface area contributed by atoms with Crippen LogP contribution in [0, 0.1) is 6.92 Å². The lowest BCUT2D eigenvalue weighted by Gasteiger charge is -2.35. The maximum atomic E-state index is 12.7. The minimum Gasteiger partial charge on any atom is -0.351 e. The topological polar surface area (TPSA) is 117 Å². The first-order valence-electron chi connectivity index (χ1n) is 12.5. The molecular formula is C28H30N6O3S. The van der Waals surface area contributed by atoms with Gasteiger partial charge in [-0.3, -0.25) is 9.78 Å². The third-order valence-corrected chi connectivity index (χ3v) is 7.94. The second-order valence-corrected chi connectivity index (χ2v) is 11.6. The lowest BCUT2D eigenvalue weighted by molar-refractivity contribution is 0.0950. The van der Waals surface area contributed by atoms with Crippen LogP contribution in [0.3, 0.4) is 0 Å². The van der Waals surface area contributed by atoms with Gasteiger partial charge in [0.1, 0.15) is 5.82 Å². The van der Waals surface area contributed by atoms with Crippen LogP contribution in [0.15, 0.2) is 65.7 Å². The van der Waals surface area contributed by atoms with E-state index in [1.807, 2.05) is 36.4 Å². The molecule has 38 heavy (non-hydrogen) atoms. The summed E-state index contributed by atoms with van der Waals surface area (Å²) in [6.07, 6.45) is 2.86. The van der Waals surface area contributed by atoms with Crippen LogP contribution in [0.5, 0.6) is 0 Å². The number of sulfone groups is 1. The third-order valence-electron chi connectivity index (χ3n) is 6.70. The van der Waals surface area contributed by atoms with Crippen molar-refractivity contribution in [3.8, 4) is 11.4 Å². The zero-order chi connectivity index (χ0) is 26.9. The average molecular weight is 531 g/mol. The maximum absolute atomic E-state index is 12.7. The van der Waals surface area contributed by atoms with E-state index in [0.29, 0.717) is 17.3 Å². The number of nitrogens with one attached hydrogen (secondary N) is 2. The fourth-order valence-corrected chi connectivity index (χ4v) is 5.61. The van der Waals surface area contributed by atoms with Gasteiger partial charge in [0, 0.05) is 49.1 Å². The predicted molar refractivity (Wildman–Crippen MR) is 148 cm³/mol. The standard InChI is InChI=1S/C28H30N6O3S/c1-18-7-8-20(13-26(18)38(3,36)37)28(35)31-17-22-14-25-21(16-30-22)9-10-24(32-25)23-5-4-6-27(33-23)34-12-11-29-15-19(34)2/h4-10,13-14,16,19,29H,11-12,15,17H2,1-3H3,(H,31,35)/t19-/m1/s1. The van der Waals surface area contributed by atoms with Crippen LogP contribution in [-0.2, 0) is 16.4 Å². The number of hydrogen-bond acceptors (Lipinski definition) is 8. The molecule has 0 unspecified atom stereocenters. The number of amides is 1. The quantitative estimate of drug-likeness (QED) is 0.391. The van der Waals surface area contributed by atoms with Gasteiger partial charge in [0.15, 0.2) is 9.84 Å². The first-order chi connectivity index (χ1) is 18.2. The molecule has 5 rings (SSSR count). The summed E-state index contributed by atoms with van der Waals surface area (Å²) in [4.78, 5) is 29.4. The highest BCUT2D eigenvalue weighted by Gasteiger charge is 2.20. The lowest BCUT2D eigenvalue weighted by atomic mass is 10.1. The summed E-state index contributed by atoms with van der Waals surface area (Å²) < 4.78 is 24.0. The van der Waals surface area contributed by atoms with Crippen molar-refractivity contribution < 1.29 is 13.2 Å². The zero-order valence-electron chi connectivity index (χ0n) is 21.6. The Balaban J connectivity index is 1.35. The van der Waals surface area contributed by atoms with Gasteiger partial charge < -0.3 is 15.5 Å². The number of aromatic nitrogens is 3. The van der Waals surface area contributed by atoms with Crippen molar-refractivity contribution in [1.29, 1.82) is 0 Å². The molecule has 1 aliphatic heterocycles. The molecule has 4 aromatic rings. The number of hydrogen-bond donors (Lipinski definition) is 2. The Labute approximate surface area is 222 Å². The Morgan fingerprint density at radius 3 is 2.71 bits per heavy atom. The fraction of sp³-hybridized carbons (Fsp3) is 0.286.